The van der Waals surface area contributed by atoms with Crippen molar-refractivity contribution < 1.29 is 23.5 Å². The quantitative estimate of drug-likeness (QED) is 0.272. The standard InChI is InChI=1S/C30H26ClNO6/c1-2-36-30(35)27-17-25(33)21-12-7-13-24(28(21)38-27)32-29(34)22-15-19-14-20(37-26(19)16-23(22)31)11-6-10-18-8-4-3-5-9-18/h3-5,7-9,12-13,15-17,20H,2,6,10-11,14H2,1H3,(H,32,34). The molecule has 2 heterocycles. The summed E-state index contributed by atoms with van der Waals surface area (Å²) < 4.78 is 16.7. The molecule has 0 radical (unpaired) electrons. The number of nitrogens with one attached hydrogen (secondary N) is 1. The van der Waals surface area contributed by atoms with E-state index >= 15 is 0 Å². The van der Waals surface area contributed by atoms with E-state index in [-0.39, 0.29) is 45.7 Å². The van der Waals surface area contributed by atoms with Crippen LogP contribution in [0.15, 0.2) is 75.9 Å². The Morgan fingerprint density at radius 1 is 1.08 bits per heavy atom. The molecule has 1 aliphatic rings. The lowest BCUT2D eigenvalue weighted by atomic mass is 10.0. The minimum absolute atomic E-state index is 0.0247. The highest BCUT2D eigenvalue weighted by atomic mass is 35.5. The van der Waals surface area contributed by atoms with E-state index < -0.39 is 17.3 Å². The molecular formula is C30H26ClNO6. The predicted octanol–water partition coefficient (Wildman–Crippen LogP) is 6.20. The van der Waals surface area contributed by atoms with E-state index in [0.29, 0.717) is 12.2 Å². The van der Waals surface area contributed by atoms with Crippen LogP contribution >= 0.6 is 11.6 Å². The molecular weight excluding hydrogens is 506 g/mol. The number of benzene rings is 3. The van der Waals surface area contributed by atoms with Crippen molar-refractivity contribution in [3.05, 3.63) is 104 Å². The number of carbonyl (C=O) groups is 2. The lowest BCUT2D eigenvalue weighted by Gasteiger charge is -2.11. The number of esters is 1. The molecule has 1 unspecified atom stereocenters. The fraction of sp³-hybridized carbons (Fsp3) is 0.233. The zero-order valence-electron chi connectivity index (χ0n) is 20.8. The van der Waals surface area contributed by atoms with Crippen LogP contribution in [0.5, 0.6) is 5.75 Å². The SMILES string of the molecule is CCOC(=O)c1cc(=O)c2cccc(NC(=O)c3cc4c(cc3Cl)OC(CCCc3ccccc3)C4)c2o1. The summed E-state index contributed by atoms with van der Waals surface area (Å²) in [6.45, 7) is 1.79. The molecule has 0 bridgehead atoms. The second-order valence-electron chi connectivity index (χ2n) is 9.09. The summed E-state index contributed by atoms with van der Waals surface area (Å²) in [4.78, 5) is 38.0. The summed E-state index contributed by atoms with van der Waals surface area (Å²) >= 11 is 6.47. The first-order valence-electron chi connectivity index (χ1n) is 12.5. The number of carbonyl (C=O) groups excluding carboxylic acids is 2. The van der Waals surface area contributed by atoms with Gasteiger partial charge in [-0.2, -0.15) is 0 Å². The van der Waals surface area contributed by atoms with Gasteiger partial charge >= 0.3 is 5.97 Å². The van der Waals surface area contributed by atoms with Crippen LogP contribution in [0.2, 0.25) is 5.02 Å². The topological polar surface area (TPSA) is 94.8 Å². The van der Waals surface area contributed by atoms with Gasteiger partial charge in [0.2, 0.25) is 5.76 Å². The van der Waals surface area contributed by atoms with Crippen molar-refractivity contribution >= 4 is 40.1 Å². The molecule has 4 aromatic rings. The monoisotopic (exact) mass is 531 g/mol. The van der Waals surface area contributed by atoms with Crippen molar-refractivity contribution in [2.45, 2.75) is 38.7 Å². The van der Waals surface area contributed by atoms with E-state index in [4.69, 9.17) is 25.5 Å². The van der Waals surface area contributed by atoms with Crippen LogP contribution in [0, 0.1) is 0 Å². The lowest BCUT2D eigenvalue weighted by molar-refractivity contribution is 0.0490. The van der Waals surface area contributed by atoms with E-state index in [2.05, 4.69) is 17.4 Å². The highest BCUT2D eigenvalue weighted by Gasteiger charge is 2.26. The van der Waals surface area contributed by atoms with Gasteiger partial charge < -0.3 is 19.2 Å². The molecule has 38 heavy (non-hydrogen) atoms. The molecule has 0 saturated heterocycles. The zero-order chi connectivity index (χ0) is 26.6. The van der Waals surface area contributed by atoms with Crippen molar-refractivity contribution in [3.8, 4) is 5.75 Å². The molecule has 3 aromatic carbocycles. The molecule has 0 spiro atoms. The molecule has 0 fully saturated rings. The van der Waals surface area contributed by atoms with E-state index in [0.717, 1.165) is 30.9 Å². The Labute approximate surface area is 224 Å². The number of hydrogen-bond donors (Lipinski definition) is 1. The Bertz CT molecular complexity index is 1560. The summed E-state index contributed by atoms with van der Waals surface area (Å²) in [6, 6.07) is 19.6. The van der Waals surface area contributed by atoms with Crippen LogP contribution in [0.1, 0.15) is 51.8 Å². The zero-order valence-corrected chi connectivity index (χ0v) is 21.5. The van der Waals surface area contributed by atoms with Gasteiger partial charge in [0, 0.05) is 12.5 Å². The average molecular weight is 532 g/mol. The fourth-order valence-electron chi connectivity index (χ4n) is 4.62. The van der Waals surface area contributed by atoms with Crippen LogP contribution < -0.4 is 15.5 Å². The summed E-state index contributed by atoms with van der Waals surface area (Å²) in [5.41, 5.74) is 2.39. The largest absolute Gasteiger partial charge is 0.490 e. The Balaban J connectivity index is 1.32. The molecule has 1 atom stereocenters. The van der Waals surface area contributed by atoms with E-state index in [9.17, 15) is 14.4 Å². The van der Waals surface area contributed by atoms with Crippen molar-refractivity contribution in [1.29, 1.82) is 0 Å². The van der Waals surface area contributed by atoms with Crippen molar-refractivity contribution in [2.75, 3.05) is 11.9 Å². The van der Waals surface area contributed by atoms with Crippen LogP contribution in [0.25, 0.3) is 11.0 Å². The number of amides is 1. The number of fused-ring (bicyclic) bond motifs is 2. The molecule has 1 aromatic heterocycles. The molecule has 1 N–H and O–H groups in total. The van der Waals surface area contributed by atoms with E-state index in [1.165, 1.54) is 5.56 Å². The first-order chi connectivity index (χ1) is 18.4. The van der Waals surface area contributed by atoms with E-state index in [1.807, 2.05) is 18.2 Å². The van der Waals surface area contributed by atoms with Crippen molar-refractivity contribution in [1.82, 2.24) is 0 Å². The smallest absolute Gasteiger partial charge is 0.374 e. The van der Waals surface area contributed by atoms with Crippen molar-refractivity contribution in [3.63, 3.8) is 0 Å². The van der Waals surface area contributed by atoms with Crippen LogP contribution in [-0.4, -0.2) is 24.6 Å². The summed E-state index contributed by atoms with van der Waals surface area (Å²) in [5.74, 6) is -0.779. The molecule has 8 heteroatoms. The maximum Gasteiger partial charge on any atom is 0.374 e. The van der Waals surface area contributed by atoms with Gasteiger partial charge in [-0.3, -0.25) is 9.59 Å². The van der Waals surface area contributed by atoms with Gasteiger partial charge in [0.15, 0.2) is 11.0 Å². The molecule has 194 valence electrons. The number of ether oxygens (including phenoxy) is 2. The number of hydrogen-bond acceptors (Lipinski definition) is 6. The van der Waals surface area contributed by atoms with Gasteiger partial charge in [-0.1, -0.05) is 48.0 Å². The molecule has 5 rings (SSSR count). The fourth-order valence-corrected chi connectivity index (χ4v) is 4.86. The summed E-state index contributed by atoms with van der Waals surface area (Å²) in [5, 5.41) is 3.25. The summed E-state index contributed by atoms with van der Waals surface area (Å²) in [7, 11) is 0. The normalized spacial score (nSPS) is 14.1. The van der Waals surface area contributed by atoms with Crippen LogP contribution in [0.4, 0.5) is 5.69 Å². The van der Waals surface area contributed by atoms with Crippen molar-refractivity contribution in [2.24, 2.45) is 0 Å². The Morgan fingerprint density at radius 2 is 1.89 bits per heavy atom. The maximum absolute atomic E-state index is 13.2. The lowest BCUT2D eigenvalue weighted by Crippen LogP contribution is -2.15. The number of rotatable bonds is 8. The third-order valence-corrected chi connectivity index (χ3v) is 6.76. The molecule has 0 saturated carbocycles. The van der Waals surface area contributed by atoms with Crippen LogP contribution in [0.3, 0.4) is 0 Å². The van der Waals surface area contributed by atoms with Gasteiger partial charge in [0.05, 0.1) is 28.3 Å². The first-order valence-corrected chi connectivity index (χ1v) is 12.9. The van der Waals surface area contributed by atoms with Gasteiger partial charge in [-0.15, -0.1) is 0 Å². The number of aryl methyl sites for hydroxylation is 1. The molecule has 7 nitrogen and oxygen atoms in total. The number of anilines is 1. The second kappa shape index (κ2) is 11.1. The van der Waals surface area contributed by atoms with Gasteiger partial charge in [-0.25, -0.2) is 4.79 Å². The predicted molar refractivity (Wildman–Crippen MR) is 145 cm³/mol. The minimum Gasteiger partial charge on any atom is -0.490 e. The minimum atomic E-state index is -0.757. The third-order valence-electron chi connectivity index (χ3n) is 6.45. The van der Waals surface area contributed by atoms with Gasteiger partial charge in [-0.05, 0) is 61.6 Å². The number of halogens is 1. The van der Waals surface area contributed by atoms with Gasteiger partial charge in [0.25, 0.3) is 5.91 Å². The first kappa shape index (κ1) is 25.5. The molecule has 1 aliphatic heterocycles. The third kappa shape index (κ3) is 5.43. The van der Waals surface area contributed by atoms with E-state index in [1.54, 1.807) is 37.3 Å². The number of para-hydroxylation sites is 1. The Morgan fingerprint density at radius 3 is 2.68 bits per heavy atom. The van der Waals surface area contributed by atoms with Gasteiger partial charge in [0.1, 0.15) is 11.9 Å². The highest BCUT2D eigenvalue weighted by Crippen LogP contribution is 2.36. The Hall–Kier alpha value is -4.10. The summed E-state index contributed by atoms with van der Waals surface area (Å²) in [6.07, 6.45) is 3.57. The average Bonchev–Trinajstić information content (AvgIpc) is 3.30. The van der Waals surface area contributed by atoms with Crippen LogP contribution in [-0.2, 0) is 17.6 Å². The second-order valence-corrected chi connectivity index (χ2v) is 9.50. The molecule has 0 aliphatic carbocycles. The maximum atomic E-state index is 13.2. The Kier molecular flexibility index (Phi) is 7.47. The molecule has 1 amide bonds. The highest BCUT2D eigenvalue weighted by molar-refractivity contribution is 6.34.